The number of pyridine rings is 1. The van der Waals surface area contributed by atoms with E-state index in [2.05, 4.69) is 150 Å². The normalized spacial score (nSPS) is 11.5. The molecule has 2 aromatic heterocycles. The number of hydrogen-bond donors (Lipinski definition) is 0. The van der Waals surface area contributed by atoms with Gasteiger partial charge < -0.3 is 9.32 Å². The highest BCUT2D eigenvalue weighted by Gasteiger charge is 2.23. The molecule has 3 heteroatoms. The van der Waals surface area contributed by atoms with E-state index in [-0.39, 0.29) is 0 Å². The standard InChI is InChI=1S/C43H28N2O/c1-2-12-29(13-3-1)31-16-8-18-33(26-31)45(34-19-9-17-32(27-34)36-22-10-15-30-14-4-5-20-35(30)36)40-28-39-37(23-11-25-44-39)43-42(40)38-21-6-7-24-41(38)46-43/h1-28H. The van der Waals surface area contributed by atoms with Gasteiger partial charge in [0.1, 0.15) is 11.2 Å². The fraction of sp³-hybridized carbons (Fsp3) is 0. The summed E-state index contributed by atoms with van der Waals surface area (Å²) in [6.45, 7) is 0. The molecule has 0 fully saturated rings. The van der Waals surface area contributed by atoms with Crippen LogP contribution in [-0.2, 0) is 0 Å². The number of anilines is 3. The minimum absolute atomic E-state index is 0.844. The lowest BCUT2D eigenvalue weighted by Crippen LogP contribution is -2.11. The second-order valence-electron chi connectivity index (χ2n) is 11.6. The number of aromatic nitrogens is 1. The molecular formula is C43H28N2O. The molecule has 7 aromatic carbocycles. The van der Waals surface area contributed by atoms with Crippen LogP contribution in [0.15, 0.2) is 174 Å². The third-order valence-electron chi connectivity index (χ3n) is 8.87. The number of benzene rings is 7. The lowest BCUT2D eigenvalue weighted by molar-refractivity contribution is 0.672. The van der Waals surface area contributed by atoms with Crippen molar-refractivity contribution in [3.05, 3.63) is 170 Å². The van der Waals surface area contributed by atoms with Gasteiger partial charge in [-0.2, -0.15) is 0 Å². The summed E-state index contributed by atoms with van der Waals surface area (Å²) in [4.78, 5) is 7.17. The van der Waals surface area contributed by atoms with Crippen molar-refractivity contribution >= 4 is 60.7 Å². The van der Waals surface area contributed by atoms with Crippen molar-refractivity contribution in [3.8, 4) is 22.3 Å². The first kappa shape index (κ1) is 26.2. The fourth-order valence-electron chi connectivity index (χ4n) is 6.76. The van der Waals surface area contributed by atoms with Gasteiger partial charge in [-0.15, -0.1) is 0 Å². The van der Waals surface area contributed by atoms with Crippen LogP contribution < -0.4 is 4.90 Å². The van der Waals surface area contributed by atoms with Crippen LogP contribution in [0.3, 0.4) is 0 Å². The van der Waals surface area contributed by atoms with E-state index in [1.165, 1.54) is 21.9 Å². The molecule has 216 valence electrons. The van der Waals surface area contributed by atoms with Gasteiger partial charge in [-0.1, -0.05) is 115 Å². The maximum Gasteiger partial charge on any atom is 0.146 e. The summed E-state index contributed by atoms with van der Waals surface area (Å²) in [5.41, 5.74) is 10.4. The van der Waals surface area contributed by atoms with Gasteiger partial charge in [0.05, 0.1) is 16.6 Å². The molecule has 0 spiro atoms. The number of nitrogens with zero attached hydrogens (tertiary/aromatic N) is 2. The summed E-state index contributed by atoms with van der Waals surface area (Å²) in [6.07, 6.45) is 1.85. The predicted octanol–water partition coefficient (Wildman–Crippen LogP) is 12.1. The average Bonchev–Trinajstić information content (AvgIpc) is 3.53. The Hall–Kier alpha value is -6.19. The van der Waals surface area contributed by atoms with Gasteiger partial charge in [0.2, 0.25) is 0 Å². The Morgan fingerprint density at radius 3 is 2.00 bits per heavy atom. The van der Waals surface area contributed by atoms with E-state index < -0.39 is 0 Å². The molecule has 0 unspecified atom stereocenters. The van der Waals surface area contributed by atoms with Gasteiger partial charge in [-0.05, 0) is 81.6 Å². The van der Waals surface area contributed by atoms with Crippen LogP contribution in [0.2, 0.25) is 0 Å². The van der Waals surface area contributed by atoms with Crippen LogP contribution in [0, 0.1) is 0 Å². The first-order valence-electron chi connectivity index (χ1n) is 15.5. The van der Waals surface area contributed by atoms with Gasteiger partial charge in [0.25, 0.3) is 0 Å². The molecule has 2 heterocycles. The first-order valence-corrected chi connectivity index (χ1v) is 15.5. The van der Waals surface area contributed by atoms with E-state index >= 15 is 0 Å². The van der Waals surface area contributed by atoms with Gasteiger partial charge in [0.15, 0.2) is 0 Å². The van der Waals surface area contributed by atoms with E-state index in [0.29, 0.717) is 0 Å². The van der Waals surface area contributed by atoms with Gasteiger partial charge in [-0.25, -0.2) is 0 Å². The average molecular weight is 589 g/mol. The van der Waals surface area contributed by atoms with Crippen LogP contribution in [-0.4, -0.2) is 4.98 Å². The lowest BCUT2D eigenvalue weighted by atomic mass is 9.97. The second-order valence-corrected chi connectivity index (χ2v) is 11.6. The number of rotatable bonds is 5. The summed E-state index contributed by atoms with van der Waals surface area (Å²) in [5.74, 6) is 0. The molecule has 0 aliphatic heterocycles. The molecule has 0 N–H and O–H groups in total. The maximum atomic E-state index is 6.60. The summed E-state index contributed by atoms with van der Waals surface area (Å²) in [5, 5.41) is 5.60. The minimum atomic E-state index is 0.844. The Labute approximate surface area is 266 Å². The third-order valence-corrected chi connectivity index (χ3v) is 8.87. The summed E-state index contributed by atoms with van der Waals surface area (Å²) >= 11 is 0. The largest absolute Gasteiger partial charge is 0.455 e. The Balaban J connectivity index is 1.35. The van der Waals surface area contributed by atoms with Crippen LogP contribution in [0.5, 0.6) is 0 Å². The second kappa shape index (κ2) is 10.8. The molecule has 0 amide bonds. The van der Waals surface area contributed by atoms with E-state index in [1.54, 1.807) is 0 Å². The summed E-state index contributed by atoms with van der Waals surface area (Å²) < 4.78 is 6.60. The molecule has 0 bridgehead atoms. The Bertz CT molecular complexity index is 2540. The van der Waals surface area contributed by atoms with E-state index in [1.807, 2.05) is 24.4 Å². The van der Waals surface area contributed by atoms with Crippen molar-refractivity contribution in [2.75, 3.05) is 4.90 Å². The van der Waals surface area contributed by atoms with Crippen LogP contribution >= 0.6 is 0 Å². The highest BCUT2D eigenvalue weighted by molar-refractivity contribution is 6.21. The number of furan rings is 1. The maximum absolute atomic E-state index is 6.60. The molecule has 0 saturated carbocycles. The molecular weight excluding hydrogens is 560 g/mol. The molecule has 0 saturated heterocycles. The highest BCUT2D eigenvalue weighted by Crippen LogP contribution is 2.46. The topological polar surface area (TPSA) is 29.3 Å². The first-order chi connectivity index (χ1) is 22.8. The molecule has 0 aliphatic rings. The zero-order valence-corrected chi connectivity index (χ0v) is 25.0. The quantitative estimate of drug-likeness (QED) is 0.200. The number of hydrogen-bond acceptors (Lipinski definition) is 3. The van der Waals surface area contributed by atoms with E-state index in [9.17, 15) is 0 Å². The molecule has 9 aromatic rings. The van der Waals surface area contributed by atoms with Crippen molar-refractivity contribution < 1.29 is 4.42 Å². The molecule has 3 nitrogen and oxygen atoms in total. The van der Waals surface area contributed by atoms with Crippen LogP contribution in [0.4, 0.5) is 17.1 Å². The minimum Gasteiger partial charge on any atom is -0.455 e. The van der Waals surface area contributed by atoms with Crippen molar-refractivity contribution in [1.29, 1.82) is 0 Å². The van der Waals surface area contributed by atoms with Crippen molar-refractivity contribution in [2.45, 2.75) is 0 Å². The molecule has 9 rings (SSSR count). The zero-order valence-electron chi connectivity index (χ0n) is 25.0. The lowest BCUT2D eigenvalue weighted by Gasteiger charge is -2.27. The SMILES string of the molecule is c1ccc(-c2cccc(N(c3cccc(-c4cccc5ccccc45)c3)c3cc4ncccc4c4oc5ccccc5c34)c2)cc1. The predicted molar refractivity (Wildman–Crippen MR) is 192 cm³/mol. The number of para-hydroxylation sites is 1. The van der Waals surface area contributed by atoms with Crippen LogP contribution in [0.25, 0.3) is 65.9 Å². The van der Waals surface area contributed by atoms with Crippen molar-refractivity contribution in [1.82, 2.24) is 4.98 Å². The molecule has 0 radical (unpaired) electrons. The van der Waals surface area contributed by atoms with Crippen molar-refractivity contribution in [3.63, 3.8) is 0 Å². The summed E-state index contributed by atoms with van der Waals surface area (Å²) in [6, 6.07) is 57.9. The Morgan fingerprint density at radius 2 is 1.13 bits per heavy atom. The molecule has 46 heavy (non-hydrogen) atoms. The van der Waals surface area contributed by atoms with Crippen molar-refractivity contribution in [2.24, 2.45) is 0 Å². The molecule has 0 aliphatic carbocycles. The van der Waals surface area contributed by atoms with Gasteiger partial charge in [-0.3, -0.25) is 4.98 Å². The Kier molecular flexibility index (Phi) is 6.14. The fourth-order valence-corrected chi connectivity index (χ4v) is 6.76. The van der Waals surface area contributed by atoms with Gasteiger partial charge in [0, 0.05) is 28.3 Å². The van der Waals surface area contributed by atoms with E-state index in [4.69, 9.17) is 9.40 Å². The highest BCUT2D eigenvalue weighted by atomic mass is 16.3. The monoisotopic (exact) mass is 588 g/mol. The van der Waals surface area contributed by atoms with Gasteiger partial charge >= 0.3 is 0 Å². The molecule has 0 atom stereocenters. The van der Waals surface area contributed by atoms with Crippen LogP contribution in [0.1, 0.15) is 0 Å². The summed E-state index contributed by atoms with van der Waals surface area (Å²) in [7, 11) is 0. The third kappa shape index (κ3) is 4.33. The zero-order chi connectivity index (χ0) is 30.5. The number of fused-ring (bicyclic) bond motifs is 6. The smallest absolute Gasteiger partial charge is 0.146 e. The Morgan fingerprint density at radius 1 is 0.478 bits per heavy atom. The van der Waals surface area contributed by atoms with E-state index in [0.717, 1.165) is 61.0 Å².